The molecule has 0 heterocycles. The van der Waals surface area contributed by atoms with Gasteiger partial charge in [-0.2, -0.15) is 0 Å². The molecule has 108 valence electrons. The van der Waals surface area contributed by atoms with Crippen LogP contribution in [-0.4, -0.2) is 18.5 Å². The number of halogens is 1. The van der Waals surface area contributed by atoms with E-state index in [-0.39, 0.29) is 12.6 Å². The lowest BCUT2D eigenvalue weighted by molar-refractivity contribution is 0.0549. The summed E-state index contributed by atoms with van der Waals surface area (Å²) in [5, 5.41) is 0. The molecular formula is C18H17ClO2. The van der Waals surface area contributed by atoms with Crippen molar-refractivity contribution in [3.05, 3.63) is 83.4 Å². The largest absolute Gasteiger partial charge is 0.458 e. The van der Waals surface area contributed by atoms with E-state index in [0.717, 1.165) is 6.42 Å². The van der Waals surface area contributed by atoms with Gasteiger partial charge in [0.1, 0.15) is 6.61 Å². The Morgan fingerprint density at radius 3 is 2.29 bits per heavy atom. The Morgan fingerprint density at radius 2 is 1.62 bits per heavy atom. The first-order valence-corrected chi connectivity index (χ1v) is 7.34. The molecule has 0 saturated carbocycles. The maximum absolute atomic E-state index is 11.8. The van der Waals surface area contributed by atoms with Crippen molar-refractivity contribution in [2.75, 3.05) is 12.5 Å². The lowest BCUT2D eigenvalue weighted by Gasteiger charge is -2.04. The molecule has 0 atom stereocenters. The number of carbonyl (C=O) groups excluding carboxylic acids is 1. The standard InChI is InChI=1S/C18H17ClO2/c19-12-4-5-13-21-18(20)17-10-8-16(9-11-17)14-15-6-2-1-3-7-15/h1-11H,12-14H2. The number of esters is 1. The monoisotopic (exact) mass is 300 g/mol. The quantitative estimate of drug-likeness (QED) is 0.453. The summed E-state index contributed by atoms with van der Waals surface area (Å²) in [6, 6.07) is 17.7. The maximum Gasteiger partial charge on any atom is 0.338 e. The summed E-state index contributed by atoms with van der Waals surface area (Å²) < 4.78 is 5.10. The molecule has 2 nitrogen and oxygen atoms in total. The van der Waals surface area contributed by atoms with E-state index >= 15 is 0 Å². The lowest BCUT2D eigenvalue weighted by atomic mass is 10.0. The molecule has 0 aliphatic carbocycles. The van der Waals surface area contributed by atoms with Gasteiger partial charge in [-0.25, -0.2) is 4.79 Å². The van der Waals surface area contributed by atoms with Crippen molar-refractivity contribution in [2.45, 2.75) is 6.42 Å². The van der Waals surface area contributed by atoms with Crippen LogP contribution >= 0.6 is 11.6 Å². The number of benzene rings is 2. The summed E-state index contributed by atoms with van der Waals surface area (Å²) in [4.78, 5) is 11.8. The summed E-state index contributed by atoms with van der Waals surface area (Å²) in [5.41, 5.74) is 2.98. The van der Waals surface area contributed by atoms with E-state index in [1.165, 1.54) is 11.1 Å². The Hall–Kier alpha value is -2.06. The Bertz CT molecular complexity index is 588. The van der Waals surface area contributed by atoms with E-state index in [1.54, 1.807) is 24.3 Å². The van der Waals surface area contributed by atoms with E-state index < -0.39 is 0 Å². The minimum atomic E-state index is -0.319. The minimum Gasteiger partial charge on any atom is -0.458 e. The van der Waals surface area contributed by atoms with Gasteiger partial charge < -0.3 is 4.74 Å². The van der Waals surface area contributed by atoms with E-state index in [2.05, 4.69) is 12.1 Å². The van der Waals surface area contributed by atoms with E-state index in [0.29, 0.717) is 11.4 Å². The van der Waals surface area contributed by atoms with Crippen molar-refractivity contribution in [3.8, 4) is 0 Å². The van der Waals surface area contributed by atoms with Gasteiger partial charge in [-0.3, -0.25) is 0 Å². The predicted octanol–water partition coefficient (Wildman–Crippen LogP) is 4.23. The van der Waals surface area contributed by atoms with Crippen LogP contribution in [-0.2, 0) is 11.2 Å². The maximum atomic E-state index is 11.8. The highest BCUT2D eigenvalue weighted by atomic mass is 35.5. The number of hydrogen-bond donors (Lipinski definition) is 0. The summed E-state index contributed by atoms with van der Waals surface area (Å²) >= 11 is 5.49. The summed E-state index contributed by atoms with van der Waals surface area (Å²) in [6.07, 6.45) is 4.33. The van der Waals surface area contributed by atoms with Crippen molar-refractivity contribution in [1.82, 2.24) is 0 Å². The fraction of sp³-hybridized carbons (Fsp3) is 0.167. The average Bonchev–Trinajstić information content (AvgIpc) is 2.53. The molecule has 0 aliphatic rings. The second-order valence-electron chi connectivity index (χ2n) is 4.58. The van der Waals surface area contributed by atoms with E-state index in [1.807, 2.05) is 30.3 Å². The van der Waals surface area contributed by atoms with Gasteiger partial charge in [0.05, 0.1) is 5.56 Å². The van der Waals surface area contributed by atoms with Gasteiger partial charge in [0.25, 0.3) is 0 Å². The zero-order valence-corrected chi connectivity index (χ0v) is 12.4. The molecule has 2 aromatic rings. The van der Waals surface area contributed by atoms with Crippen molar-refractivity contribution < 1.29 is 9.53 Å². The number of ether oxygens (including phenoxy) is 1. The first-order valence-electron chi connectivity index (χ1n) is 6.80. The normalized spacial score (nSPS) is 10.7. The molecule has 3 heteroatoms. The number of carbonyl (C=O) groups is 1. The molecule has 0 saturated heterocycles. The van der Waals surface area contributed by atoms with Crippen LogP contribution in [0, 0.1) is 0 Å². The Morgan fingerprint density at radius 1 is 0.952 bits per heavy atom. The molecule has 2 aromatic carbocycles. The second kappa shape index (κ2) is 8.28. The zero-order valence-electron chi connectivity index (χ0n) is 11.7. The van der Waals surface area contributed by atoms with Gasteiger partial charge in [0.2, 0.25) is 0 Å². The van der Waals surface area contributed by atoms with Gasteiger partial charge in [0, 0.05) is 5.88 Å². The minimum absolute atomic E-state index is 0.247. The van der Waals surface area contributed by atoms with Gasteiger partial charge in [-0.05, 0) is 29.7 Å². The van der Waals surface area contributed by atoms with Crippen molar-refractivity contribution >= 4 is 17.6 Å². The van der Waals surface area contributed by atoms with Crippen LogP contribution in [0.1, 0.15) is 21.5 Å². The number of alkyl halides is 1. The molecule has 0 aromatic heterocycles. The molecule has 0 bridgehead atoms. The number of hydrogen-bond acceptors (Lipinski definition) is 2. The Balaban J connectivity index is 1.92. The van der Waals surface area contributed by atoms with Crippen LogP contribution in [0.5, 0.6) is 0 Å². The smallest absolute Gasteiger partial charge is 0.338 e. The Kier molecular flexibility index (Phi) is 6.04. The molecule has 21 heavy (non-hydrogen) atoms. The number of rotatable bonds is 6. The molecule has 0 radical (unpaired) electrons. The fourth-order valence-corrected chi connectivity index (χ4v) is 2.05. The highest BCUT2D eigenvalue weighted by molar-refractivity contribution is 6.18. The fourth-order valence-electron chi connectivity index (χ4n) is 1.93. The van der Waals surface area contributed by atoms with Crippen molar-refractivity contribution in [2.24, 2.45) is 0 Å². The molecule has 0 unspecified atom stereocenters. The van der Waals surface area contributed by atoms with E-state index in [4.69, 9.17) is 16.3 Å². The molecule has 0 spiro atoms. The topological polar surface area (TPSA) is 26.3 Å². The molecule has 0 N–H and O–H groups in total. The van der Waals surface area contributed by atoms with Gasteiger partial charge in [-0.1, -0.05) is 54.6 Å². The van der Waals surface area contributed by atoms with E-state index in [9.17, 15) is 4.79 Å². The zero-order chi connectivity index (χ0) is 14.9. The third-order valence-corrected chi connectivity index (χ3v) is 3.19. The third kappa shape index (κ3) is 5.09. The van der Waals surface area contributed by atoms with Crippen LogP contribution in [0.4, 0.5) is 0 Å². The lowest BCUT2D eigenvalue weighted by Crippen LogP contribution is -2.05. The third-order valence-electron chi connectivity index (χ3n) is 3.01. The number of allylic oxidation sites excluding steroid dienone is 1. The molecule has 2 rings (SSSR count). The first-order chi connectivity index (χ1) is 10.3. The molecule has 0 amide bonds. The van der Waals surface area contributed by atoms with Crippen molar-refractivity contribution in [3.63, 3.8) is 0 Å². The van der Waals surface area contributed by atoms with Crippen LogP contribution in [0.3, 0.4) is 0 Å². The van der Waals surface area contributed by atoms with Gasteiger partial charge >= 0.3 is 5.97 Å². The highest BCUT2D eigenvalue weighted by Gasteiger charge is 2.06. The summed E-state index contributed by atoms with van der Waals surface area (Å²) in [7, 11) is 0. The van der Waals surface area contributed by atoms with Crippen LogP contribution < -0.4 is 0 Å². The van der Waals surface area contributed by atoms with Crippen LogP contribution in [0.15, 0.2) is 66.7 Å². The summed E-state index contributed by atoms with van der Waals surface area (Å²) in [5.74, 6) is 0.103. The van der Waals surface area contributed by atoms with Crippen molar-refractivity contribution in [1.29, 1.82) is 0 Å². The molecule has 0 aliphatic heterocycles. The first kappa shape index (κ1) is 15.3. The molecular weight excluding hydrogens is 284 g/mol. The van der Waals surface area contributed by atoms with Crippen LogP contribution in [0.25, 0.3) is 0 Å². The summed E-state index contributed by atoms with van der Waals surface area (Å²) in [6.45, 7) is 0.247. The Labute approximate surface area is 130 Å². The van der Waals surface area contributed by atoms with Gasteiger partial charge in [-0.15, -0.1) is 11.6 Å². The highest BCUT2D eigenvalue weighted by Crippen LogP contribution is 2.11. The van der Waals surface area contributed by atoms with Crippen LogP contribution in [0.2, 0.25) is 0 Å². The van der Waals surface area contributed by atoms with Gasteiger partial charge in [0.15, 0.2) is 0 Å². The molecule has 0 fully saturated rings. The SMILES string of the molecule is O=C(OCC=CCCl)c1ccc(Cc2ccccc2)cc1. The average molecular weight is 301 g/mol. The second-order valence-corrected chi connectivity index (χ2v) is 4.89. The predicted molar refractivity (Wildman–Crippen MR) is 85.8 cm³/mol.